The quantitative estimate of drug-likeness (QED) is 0.673. The number of rotatable bonds is 6. The second-order valence-corrected chi connectivity index (χ2v) is 8.65. The van der Waals surface area contributed by atoms with Gasteiger partial charge in [0.2, 0.25) is 0 Å². The number of esters is 2. The van der Waals surface area contributed by atoms with E-state index in [9.17, 15) is 14.7 Å². The molecule has 0 aliphatic heterocycles. The topological polar surface area (TPSA) is 85.7 Å². The second kappa shape index (κ2) is 9.18. The third kappa shape index (κ3) is 5.50. The molecule has 0 spiro atoms. The van der Waals surface area contributed by atoms with Gasteiger partial charge in [0.1, 0.15) is 6.10 Å². The molecule has 1 fully saturated rings. The van der Waals surface area contributed by atoms with Crippen LogP contribution in [-0.4, -0.2) is 34.2 Å². The molecule has 1 aromatic heterocycles. The first-order chi connectivity index (χ1) is 14.6. The summed E-state index contributed by atoms with van der Waals surface area (Å²) in [5.74, 6) is -0.583. The highest BCUT2D eigenvalue weighted by Gasteiger charge is 2.44. The SMILES string of the molecule is CCOC(=O)C1(C=Cc2ccc3ccc([C@@H](C)OC(C)=O)nc3c2)CCC(C)(O)CC1. The van der Waals surface area contributed by atoms with E-state index in [0.29, 0.717) is 38.0 Å². The predicted octanol–water partition coefficient (Wildman–Crippen LogP) is 4.75. The number of carbonyl (C=O) groups excluding carboxylic acids is 2. The maximum Gasteiger partial charge on any atom is 0.315 e. The van der Waals surface area contributed by atoms with Crippen molar-refractivity contribution in [1.82, 2.24) is 4.98 Å². The zero-order chi connectivity index (χ0) is 22.6. The average molecular weight is 426 g/mol. The van der Waals surface area contributed by atoms with E-state index in [2.05, 4.69) is 4.98 Å². The van der Waals surface area contributed by atoms with Gasteiger partial charge in [-0.05, 0) is 64.2 Å². The van der Waals surface area contributed by atoms with Gasteiger partial charge in [0, 0.05) is 12.3 Å². The molecule has 0 amide bonds. The number of carbonyl (C=O) groups is 2. The van der Waals surface area contributed by atoms with E-state index in [0.717, 1.165) is 16.5 Å². The van der Waals surface area contributed by atoms with Crippen LogP contribution in [-0.2, 0) is 19.1 Å². The van der Waals surface area contributed by atoms with Crippen molar-refractivity contribution in [3.63, 3.8) is 0 Å². The Bertz CT molecular complexity index is 985. The summed E-state index contributed by atoms with van der Waals surface area (Å²) in [5.41, 5.74) is 0.910. The van der Waals surface area contributed by atoms with Crippen LogP contribution in [0.4, 0.5) is 0 Å². The molecule has 31 heavy (non-hydrogen) atoms. The molecule has 1 N–H and O–H groups in total. The third-order valence-corrected chi connectivity index (χ3v) is 5.99. The van der Waals surface area contributed by atoms with E-state index >= 15 is 0 Å². The highest BCUT2D eigenvalue weighted by Crippen LogP contribution is 2.43. The Morgan fingerprint density at radius 2 is 1.87 bits per heavy atom. The van der Waals surface area contributed by atoms with Gasteiger partial charge >= 0.3 is 11.9 Å². The summed E-state index contributed by atoms with van der Waals surface area (Å²) in [6.07, 6.45) is 5.62. The first kappa shape index (κ1) is 22.9. The summed E-state index contributed by atoms with van der Waals surface area (Å²) in [4.78, 5) is 28.7. The van der Waals surface area contributed by atoms with Gasteiger partial charge in [-0.2, -0.15) is 0 Å². The molecule has 2 aromatic rings. The van der Waals surface area contributed by atoms with Gasteiger partial charge in [0.15, 0.2) is 0 Å². The van der Waals surface area contributed by atoms with Crippen molar-refractivity contribution in [3.8, 4) is 0 Å². The Kier molecular flexibility index (Phi) is 6.80. The molecular weight excluding hydrogens is 394 g/mol. The molecule has 3 rings (SSSR count). The smallest absolute Gasteiger partial charge is 0.315 e. The predicted molar refractivity (Wildman–Crippen MR) is 119 cm³/mol. The van der Waals surface area contributed by atoms with Crippen molar-refractivity contribution in [1.29, 1.82) is 0 Å². The lowest BCUT2D eigenvalue weighted by atomic mass is 9.69. The molecule has 6 heteroatoms. The van der Waals surface area contributed by atoms with Gasteiger partial charge in [-0.3, -0.25) is 9.59 Å². The molecule has 6 nitrogen and oxygen atoms in total. The van der Waals surface area contributed by atoms with Gasteiger partial charge in [0.05, 0.1) is 28.8 Å². The number of fused-ring (bicyclic) bond motifs is 1. The van der Waals surface area contributed by atoms with Gasteiger partial charge in [-0.1, -0.05) is 30.4 Å². The molecule has 1 heterocycles. The Balaban J connectivity index is 1.88. The Labute approximate surface area is 183 Å². The van der Waals surface area contributed by atoms with Crippen LogP contribution < -0.4 is 0 Å². The molecule has 1 atom stereocenters. The van der Waals surface area contributed by atoms with Crippen molar-refractivity contribution < 1.29 is 24.2 Å². The largest absolute Gasteiger partial charge is 0.465 e. The van der Waals surface area contributed by atoms with Crippen molar-refractivity contribution in [2.75, 3.05) is 6.61 Å². The number of pyridine rings is 1. The molecule has 0 saturated heterocycles. The van der Waals surface area contributed by atoms with Crippen LogP contribution in [0.2, 0.25) is 0 Å². The van der Waals surface area contributed by atoms with Gasteiger partial charge in [0.25, 0.3) is 0 Å². The van der Waals surface area contributed by atoms with Gasteiger partial charge in [-0.25, -0.2) is 4.98 Å². The maximum atomic E-state index is 12.8. The standard InChI is InChI=1S/C25H31NO5/c1-5-30-23(28)25(14-12-24(4,29)13-15-25)11-10-19-6-7-20-8-9-21(26-22(20)16-19)17(2)31-18(3)27/h6-11,16-17,29H,5,12-15H2,1-4H3/t17-,24?,25?/m1/s1. The van der Waals surface area contributed by atoms with E-state index in [-0.39, 0.29) is 11.9 Å². The van der Waals surface area contributed by atoms with Crippen molar-refractivity contribution in [3.05, 3.63) is 47.7 Å². The van der Waals surface area contributed by atoms with E-state index < -0.39 is 17.1 Å². The molecule has 1 aromatic carbocycles. The minimum atomic E-state index is -0.744. The molecular formula is C25H31NO5. The van der Waals surface area contributed by atoms with Crippen molar-refractivity contribution in [2.24, 2.45) is 5.41 Å². The molecule has 0 unspecified atom stereocenters. The Hall–Kier alpha value is -2.73. The lowest BCUT2D eigenvalue weighted by Gasteiger charge is -2.39. The fraction of sp³-hybridized carbons (Fsp3) is 0.480. The summed E-state index contributed by atoms with van der Waals surface area (Å²) in [5, 5.41) is 11.3. The number of benzene rings is 1. The van der Waals surface area contributed by atoms with Crippen molar-refractivity contribution >= 4 is 28.9 Å². The van der Waals surface area contributed by atoms with Crippen LogP contribution in [0.25, 0.3) is 17.0 Å². The highest BCUT2D eigenvalue weighted by molar-refractivity contribution is 5.83. The van der Waals surface area contributed by atoms with E-state index in [1.807, 2.05) is 49.4 Å². The zero-order valence-electron chi connectivity index (χ0n) is 18.7. The summed E-state index contributed by atoms with van der Waals surface area (Å²) in [6, 6.07) is 9.72. The lowest BCUT2D eigenvalue weighted by molar-refractivity contribution is -0.156. The number of hydrogen-bond donors (Lipinski definition) is 1. The number of ether oxygens (including phenoxy) is 2. The monoisotopic (exact) mass is 425 g/mol. The number of hydrogen-bond acceptors (Lipinski definition) is 6. The maximum absolute atomic E-state index is 12.8. The molecule has 1 aliphatic rings. The normalized spacial score (nSPS) is 24.8. The third-order valence-electron chi connectivity index (χ3n) is 5.99. The van der Waals surface area contributed by atoms with Crippen LogP contribution in [0.5, 0.6) is 0 Å². The molecule has 0 bridgehead atoms. The summed E-state index contributed by atoms with van der Waals surface area (Å²) in [7, 11) is 0. The fourth-order valence-corrected chi connectivity index (χ4v) is 3.99. The summed E-state index contributed by atoms with van der Waals surface area (Å²) < 4.78 is 10.6. The average Bonchev–Trinajstić information content (AvgIpc) is 2.72. The second-order valence-electron chi connectivity index (χ2n) is 8.65. The molecule has 0 radical (unpaired) electrons. The fourth-order valence-electron chi connectivity index (χ4n) is 3.99. The molecule has 166 valence electrons. The number of aliphatic hydroxyl groups is 1. The van der Waals surface area contributed by atoms with E-state index in [1.54, 1.807) is 13.8 Å². The van der Waals surface area contributed by atoms with E-state index in [1.165, 1.54) is 6.92 Å². The van der Waals surface area contributed by atoms with Crippen LogP contribution in [0, 0.1) is 5.41 Å². The first-order valence-corrected chi connectivity index (χ1v) is 10.8. The first-order valence-electron chi connectivity index (χ1n) is 10.8. The van der Waals surface area contributed by atoms with Crippen LogP contribution in [0.3, 0.4) is 0 Å². The highest BCUT2D eigenvalue weighted by atomic mass is 16.5. The summed E-state index contributed by atoms with van der Waals surface area (Å²) in [6.45, 7) is 7.12. The number of nitrogens with zero attached hydrogens (tertiary/aromatic N) is 1. The molecule has 1 aliphatic carbocycles. The minimum Gasteiger partial charge on any atom is -0.465 e. The van der Waals surface area contributed by atoms with Gasteiger partial charge in [-0.15, -0.1) is 0 Å². The van der Waals surface area contributed by atoms with Crippen LogP contribution >= 0.6 is 0 Å². The Morgan fingerprint density at radius 3 is 2.52 bits per heavy atom. The van der Waals surface area contributed by atoms with Crippen LogP contribution in [0.1, 0.15) is 70.7 Å². The van der Waals surface area contributed by atoms with Crippen molar-refractivity contribution in [2.45, 2.75) is 65.1 Å². The van der Waals surface area contributed by atoms with Crippen LogP contribution in [0.15, 0.2) is 36.4 Å². The molecule has 1 saturated carbocycles. The minimum absolute atomic E-state index is 0.238. The van der Waals surface area contributed by atoms with Gasteiger partial charge < -0.3 is 14.6 Å². The zero-order valence-corrected chi connectivity index (χ0v) is 18.7. The number of aromatic nitrogens is 1. The Morgan fingerprint density at radius 1 is 1.19 bits per heavy atom. The lowest BCUT2D eigenvalue weighted by Crippen LogP contribution is -2.41. The summed E-state index contributed by atoms with van der Waals surface area (Å²) >= 11 is 0. The van der Waals surface area contributed by atoms with E-state index in [4.69, 9.17) is 9.47 Å².